The first-order valence-corrected chi connectivity index (χ1v) is 32.1. The first-order valence-electron chi connectivity index (χ1n) is 32.1. The van der Waals surface area contributed by atoms with Crippen LogP contribution in [0.4, 0.5) is 16.2 Å². The van der Waals surface area contributed by atoms with E-state index in [9.17, 15) is 43.8 Å². The number of benzene rings is 3. The zero-order chi connectivity index (χ0) is 66.5. The number of hydrogen-bond acceptors (Lipinski definition) is 16. The van der Waals surface area contributed by atoms with Gasteiger partial charge in [-0.15, -0.1) is 0 Å². The zero-order valence-corrected chi connectivity index (χ0v) is 54.2. The molecular formula is C68H90N9O15+. The van der Waals surface area contributed by atoms with Crippen LogP contribution in [0.3, 0.4) is 0 Å². The number of carbonyl (C=O) groups is 8. The summed E-state index contributed by atoms with van der Waals surface area (Å²) in [6.07, 6.45) is 4.52. The van der Waals surface area contributed by atoms with Crippen molar-refractivity contribution in [3.63, 3.8) is 0 Å². The predicted octanol–water partition coefficient (Wildman–Crippen LogP) is 4.58. The van der Waals surface area contributed by atoms with Gasteiger partial charge in [-0.05, 0) is 92.8 Å². The number of para-hydroxylation sites is 1. The minimum absolute atomic E-state index is 0.0832. The summed E-state index contributed by atoms with van der Waals surface area (Å²) in [5.41, 5.74) is 3.59. The van der Waals surface area contributed by atoms with Gasteiger partial charge < -0.3 is 75.6 Å². The molecule has 3 fully saturated rings. The second-order valence-electron chi connectivity index (χ2n) is 26.9. The summed E-state index contributed by atoms with van der Waals surface area (Å²) in [5, 5.41) is 47.5. The molecule has 1 unspecified atom stereocenters. The largest absolute Gasteiger partial charge is 0.496 e. The monoisotopic (exact) mass is 1270 g/mol. The third-order valence-electron chi connectivity index (χ3n) is 21.2. The lowest BCUT2D eigenvalue weighted by Crippen LogP contribution is -2.81. The summed E-state index contributed by atoms with van der Waals surface area (Å²) in [6.45, 7) is 11.9. The summed E-state index contributed by atoms with van der Waals surface area (Å²) < 4.78 is 24.8. The first kappa shape index (κ1) is 66.8. The SMILES string of the molecule is CC[C@]1(O)C[C@H]2C[C@](C(=O)OC)(c3cc4c(cc3OC)N(C)[C@H]3[C@@](O)(C(=O)OC)[C@H](OC(C)=O)[C@]5(CC)C=CCN6CC[C@]43[C@@H]65)c3[nH]c4ccccc4c3CC[N+](Cc3ccc(NC(=O)[C@H](CCCNC(N)=O)NC(=O)[C@@H](NC(=O)CCC(=O)O)C(C)C)cc3)(C2)C1. The van der Waals surface area contributed by atoms with Crippen LogP contribution in [0.2, 0.25) is 0 Å². The van der Waals surface area contributed by atoms with E-state index in [1.54, 1.807) is 33.1 Å². The van der Waals surface area contributed by atoms with E-state index < -0.39 is 118 Å². The number of urea groups is 1. The number of methoxy groups -OCH3 is 3. The number of nitrogens with zero attached hydrogens (tertiary/aromatic N) is 3. The smallest absolute Gasteiger partial charge is 0.344 e. The van der Waals surface area contributed by atoms with Gasteiger partial charge in [-0.25, -0.2) is 9.59 Å². The van der Waals surface area contributed by atoms with Crippen LogP contribution in [0.1, 0.15) is 120 Å². The summed E-state index contributed by atoms with van der Waals surface area (Å²) in [5.74, 6) is -5.55. The minimum atomic E-state index is -2.40. The Morgan fingerprint density at radius 2 is 1.61 bits per heavy atom. The van der Waals surface area contributed by atoms with Gasteiger partial charge in [-0.3, -0.25) is 33.7 Å². The Morgan fingerprint density at radius 3 is 2.26 bits per heavy atom. The van der Waals surface area contributed by atoms with Gasteiger partial charge in [-0.1, -0.05) is 70.2 Å². The van der Waals surface area contributed by atoms with E-state index in [0.29, 0.717) is 104 Å². The molecule has 1 spiro atoms. The highest BCUT2D eigenvalue weighted by molar-refractivity contribution is 5.99. The molecule has 2 bridgehead atoms. The van der Waals surface area contributed by atoms with Crippen molar-refractivity contribution in [2.75, 3.05) is 77.9 Å². The molecule has 24 heteroatoms. The number of carboxylic acid groups (broad SMARTS) is 1. The molecule has 24 nitrogen and oxygen atoms in total. The lowest BCUT2D eigenvalue weighted by Gasteiger charge is -2.63. The van der Waals surface area contributed by atoms with Crippen LogP contribution in [-0.2, 0) is 71.6 Å². The molecule has 10 rings (SSSR count). The maximum atomic E-state index is 16.0. The van der Waals surface area contributed by atoms with Crippen LogP contribution >= 0.6 is 0 Å². The fourth-order valence-corrected chi connectivity index (χ4v) is 17.5. The number of likely N-dealkylation sites (N-methyl/N-ethyl adjacent to an activating group) is 1. The van der Waals surface area contributed by atoms with Crippen molar-refractivity contribution in [2.45, 2.75) is 158 Å². The molecule has 1 saturated carbocycles. The number of aliphatic hydroxyl groups is 2. The molecule has 10 N–H and O–H groups in total. The van der Waals surface area contributed by atoms with Crippen molar-refractivity contribution in [1.82, 2.24) is 25.8 Å². The molecule has 5 aliphatic heterocycles. The Kier molecular flexibility index (Phi) is 18.7. The number of ether oxygens (including phenoxy) is 4. The van der Waals surface area contributed by atoms with E-state index in [4.69, 9.17) is 29.8 Å². The maximum Gasteiger partial charge on any atom is 0.344 e. The van der Waals surface area contributed by atoms with E-state index in [1.165, 1.54) is 21.1 Å². The number of nitrogens with one attached hydrogen (secondary N) is 5. The highest BCUT2D eigenvalue weighted by atomic mass is 16.6. The van der Waals surface area contributed by atoms with Crippen LogP contribution < -0.4 is 36.6 Å². The summed E-state index contributed by atoms with van der Waals surface area (Å²) in [6, 6.07) is 14.9. The van der Waals surface area contributed by atoms with E-state index in [2.05, 4.69) is 37.2 Å². The van der Waals surface area contributed by atoms with E-state index in [-0.39, 0.29) is 38.1 Å². The van der Waals surface area contributed by atoms with Crippen molar-refractivity contribution in [3.8, 4) is 5.75 Å². The number of anilines is 2. The molecule has 1 aromatic heterocycles. The van der Waals surface area contributed by atoms with Gasteiger partial charge in [0, 0.05) is 108 Å². The second-order valence-corrected chi connectivity index (χ2v) is 26.9. The van der Waals surface area contributed by atoms with Crippen LogP contribution in [0, 0.1) is 17.3 Å². The van der Waals surface area contributed by atoms with Crippen LogP contribution in [0.25, 0.3) is 10.9 Å². The minimum Gasteiger partial charge on any atom is -0.496 e. The molecule has 3 aromatic carbocycles. The summed E-state index contributed by atoms with van der Waals surface area (Å²) >= 11 is 0. The van der Waals surface area contributed by atoms with E-state index >= 15 is 4.79 Å². The number of quaternary nitrogens is 1. The third kappa shape index (κ3) is 11.5. The molecule has 12 atom stereocenters. The van der Waals surface area contributed by atoms with Gasteiger partial charge >= 0.3 is 29.9 Å². The number of H-pyrrole nitrogens is 1. The molecular weight excluding hydrogens is 1180 g/mol. The van der Waals surface area contributed by atoms with Crippen LogP contribution in [-0.4, -0.2) is 186 Å². The average Bonchev–Trinajstić information content (AvgIpc) is 1.45. The number of primary amides is 1. The van der Waals surface area contributed by atoms with Gasteiger partial charge in [0.05, 0.1) is 46.9 Å². The number of carboxylic acids is 1. The fourth-order valence-electron chi connectivity index (χ4n) is 17.5. The Labute approximate surface area is 535 Å². The van der Waals surface area contributed by atoms with Crippen molar-refractivity contribution in [2.24, 2.45) is 23.0 Å². The Morgan fingerprint density at radius 1 is 0.880 bits per heavy atom. The molecule has 0 radical (unpaired) electrons. The number of nitrogens with two attached hydrogens (primary N) is 1. The van der Waals surface area contributed by atoms with Gasteiger partial charge in [0.1, 0.15) is 41.9 Å². The summed E-state index contributed by atoms with van der Waals surface area (Å²) in [7, 11) is 6.00. The van der Waals surface area contributed by atoms with Crippen molar-refractivity contribution < 1.29 is 77.1 Å². The number of esters is 3. The first-order chi connectivity index (χ1) is 43.7. The number of aromatic nitrogens is 1. The number of hydrogen-bond donors (Lipinski definition) is 9. The van der Waals surface area contributed by atoms with E-state index in [1.807, 2.05) is 80.4 Å². The quantitative estimate of drug-likeness (QED) is 0.0171. The van der Waals surface area contributed by atoms with Crippen LogP contribution in [0.15, 0.2) is 72.8 Å². The highest BCUT2D eigenvalue weighted by Gasteiger charge is 2.80. The van der Waals surface area contributed by atoms with Crippen molar-refractivity contribution in [3.05, 3.63) is 101 Å². The Hall–Kier alpha value is -8.06. The Balaban J connectivity index is 1.04. The molecule has 6 aliphatic rings. The molecule has 5 amide bonds. The van der Waals surface area contributed by atoms with Crippen molar-refractivity contribution >= 4 is 69.9 Å². The van der Waals surface area contributed by atoms with Gasteiger partial charge in [-0.2, -0.15) is 0 Å². The standard InChI is InChI=1S/C68H89N9O15/c1-10-64(87)34-42-35-67(61(84)90-8,47-32-46-50(33-51(47)89-7)75(6)59-66(46)27-30-76-29-15-26-65(11-2,58(66)76)60(92-40(5)78)68(59,88)62(85)91-9)55-45(44-16-12-13-17-48(44)72-55)25-31-77(37-42,38-64)36-41-19-21-43(22-20-41)71-56(82)49(18-14-28-70-63(69)86)73-57(83)54(39(3)4)74-52(79)23-24-53(80)81/h12-13,15-17,19-22,26,32-33,39,42,49,54,58-60,72,87-88H,10-11,14,18,23-25,27-31,34-38H2,1-9H3,(H6-,69,70,71,73,74,79,80,81,82,83,86)/p+1/t42-,49-,54-,58-,59+,60+,64-,65+,66+,67-,68-,77?/m0/s1. The van der Waals surface area contributed by atoms with Gasteiger partial charge in [0.2, 0.25) is 23.3 Å². The highest BCUT2D eigenvalue weighted by Crippen LogP contribution is 2.68. The number of amides is 5. The van der Waals surface area contributed by atoms with Crippen LogP contribution in [0.5, 0.6) is 5.75 Å². The van der Waals surface area contributed by atoms with Gasteiger partial charge in [0.25, 0.3) is 0 Å². The number of piperidine rings is 1. The second kappa shape index (κ2) is 25.8. The molecule has 1 aliphatic carbocycles. The number of rotatable bonds is 22. The van der Waals surface area contributed by atoms with Gasteiger partial charge in [0.15, 0.2) is 6.10 Å². The average molecular weight is 1270 g/mol. The normalized spacial score (nSPS) is 29.2. The lowest BCUT2D eigenvalue weighted by molar-refractivity contribution is -0.954. The molecule has 2 saturated heterocycles. The molecule has 6 heterocycles. The number of aliphatic carboxylic acids is 1. The molecule has 92 heavy (non-hydrogen) atoms. The predicted molar refractivity (Wildman–Crippen MR) is 340 cm³/mol. The number of fused-ring (bicyclic) bond motifs is 6. The fraction of sp³-hybridized carbons (Fsp3) is 0.559. The number of aromatic amines is 1. The van der Waals surface area contributed by atoms with Crippen molar-refractivity contribution in [1.29, 1.82) is 0 Å². The lowest BCUT2D eigenvalue weighted by atomic mass is 9.47. The molecule has 496 valence electrons. The summed E-state index contributed by atoms with van der Waals surface area (Å²) in [4.78, 5) is 115. The zero-order valence-electron chi connectivity index (χ0n) is 54.2. The topological polar surface area (TPSA) is 331 Å². The molecule has 4 aromatic rings. The number of carbonyl (C=O) groups excluding carboxylic acids is 7. The third-order valence-corrected chi connectivity index (χ3v) is 21.2. The van der Waals surface area contributed by atoms with E-state index in [0.717, 1.165) is 27.6 Å². The Bertz CT molecular complexity index is 3580. The maximum absolute atomic E-state index is 16.0.